The minimum atomic E-state index is -0.522. The smallest absolute Gasteiger partial charge is 0.323 e. The van der Waals surface area contributed by atoms with Crippen LogP contribution in [0.15, 0.2) is 18.2 Å². The van der Waals surface area contributed by atoms with Crippen LogP contribution in [0, 0.1) is 0 Å². The third-order valence-electron chi connectivity index (χ3n) is 3.17. The number of fused-ring (bicyclic) bond motifs is 1. The van der Waals surface area contributed by atoms with E-state index in [2.05, 4.69) is 0 Å². The zero-order chi connectivity index (χ0) is 12.5. The van der Waals surface area contributed by atoms with E-state index >= 15 is 0 Å². The topological polar surface area (TPSA) is 70.8 Å². The largest absolute Gasteiger partial charge is 0.490 e. The number of ether oxygens (including phenoxy) is 3. The molecule has 5 nitrogen and oxygen atoms in total. The average Bonchev–Trinajstić information content (AvgIpc) is 2.60. The molecule has 0 radical (unpaired) electrons. The zero-order valence-electron chi connectivity index (χ0n) is 9.93. The molecule has 0 aliphatic carbocycles. The fourth-order valence-electron chi connectivity index (χ4n) is 2.19. The summed E-state index contributed by atoms with van der Waals surface area (Å²) >= 11 is 0. The Kier molecular flexibility index (Phi) is 2.83. The van der Waals surface area contributed by atoms with Gasteiger partial charge in [-0.2, -0.15) is 0 Å². The fourth-order valence-corrected chi connectivity index (χ4v) is 2.19. The van der Waals surface area contributed by atoms with E-state index in [4.69, 9.17) is 19.9 Å². The van der Waals surface area contributed by atoms with Crippen molar-refractivity contribution in [3.05, 3.63) is 23.8 Å². The molecule has 2 unspecified atom stereocenters. The molecule has 1 saturated heterocycles. The van der Waals surface area contributed by atoms with E-state index < -0.39 is 6.04 Å². The van der Waals surface area contributed by atoms with Crippen LogP contribution >= 0.6 is 0 Å². The maximum Gasteiger partial charge on any atom is 0.323 e. The lowest BCUT2D eigenvalue weighted by atomic mass is 10.0. The molecule has 1 aromatic carbocycles. The van der Waals surface area contributed by atoms with Gasteiger partial charge in [-0.3, -0.25) is 4.79 Å². The predicted octanol–water partition coefficient (Wildman–Crippen LogP) is 1.16. The predicted molar refractivity (Wildman–Crippen MR) is 63.5 cm³/mol. The van der Waals surface area contributed by atoms with Crippen LogP contribution in [0.3, 0.4) is 0 Å². The van der Waals surface area contributed by atoms with E-state index in [0.717, 1.165) is 17.7 Å². The van der Waals surface area contributed by atoms with Gasteiger partial charge < -0.3 is 19.9 Å². The Morgan fingerprint density at radius 2 is 1.94 bits per heavy atom. The standard InChI is InChI=1S/C13H15NO4/c14-9-7-11(18-13(9)15)8-2-3-10-12(6-8)17-5-1-4-16-10/h2-3,6,9,11H,1,4-5,7,14H2. The number of nitrogens with two attached hydrogens (primary N) is 1. The Hall–Kier alpha value is -1.75. The summed E-state index contributed by atoms with van der Waals surface area (Å²) in [5, 5.41) is 0. The summed E-state index contributed by atoms with van der Waals surface area (Å²) in [6.07, 6.45) is 1.11. The first-order chi connectivity index (χ1) is 8.74. The Labute approximate surface area is 105 Å². The van der Waals surface area contributed by atoms with Crippen molar-refractivity contribution >= 4 is 5.97 Å². The van der Waals surface area contributed by atoms with Crippen LogP contribution in [0.4, 0.5) is 0 Å². The minimum absolute atomic E-state index is 0.273. The van der Waals surface area contributed by atoms with Crippen LogP contribution in [-0.2, 0) is 9.53 Å². The maximum absolute atomic E-state index is 11.3. The minimum Gasteiger partial charge on any atom is -0.490 e. The van der Waals surface area contributed by atoms with Crippen molar-refractivity contribution < 1.29 is 19.0 Å². The molecule has 3 rings (SSSR count). The SMILES string of the molecule is NC1CC(c2ccc3c(c2)OCCCO3)OC1=O. The maximum atomic E-state index is 11.3. The van der Waals surface area contributed by atoms with Crippen LogP contribution in [0.2, 0.25) is 0 Å². The second kappa shape index (κ2) is 4.49. The van der Waals surface area contributed by atoms with Crippen LogP contribution < -0.4 is 15.2 Å². The van der Waals surface area contributed by atoms with E-state index in [0.29, 0.717) is 25.4 Å². The van der Waals surface area contributed by atoms with Gasteiger partial charge in [0.05, 0.1) is 13.2 Å². The molecular formula is C13H15NO4. The second-order valence-corrected chi connectivity index (χ2v) is 4.52. The summed E-state index contributed by atoms with van der Waals surface area (Å²) < 4.78 is 16.4. The molecule has 0 bridgehead atoms. The number of hydrogen-bond donors (Lipinski definition) is 1. The molecule has 2 N–H and O–H groups in total. The number of carbonyl (C=O) groups excluding carboxylic acids is 1. The van der Waals surface area contributed by atoms with Crippen molar-refractivity contribution in [2.75, 3.05) is 13.2 Å². The summed E-state index contributed by atoms with van der Waals surface area (Å²) in [6, 6.07) is 5.10. The fraction of sp³-hybridized carbons (Fsp3) is 0.462. The Balaban J connectivity index is 1.86. The van der Waals surface area contributed by atoms with E-state index in [1.54, 1.807) is 0 Å². The normalized spacial score (nSPS) is 26.6. The highest BCUT2D eigenvalue weighted by Gasteiger charge is 2.33. The summed E-state index contributed by atoms with van der Waals surface area (Å²) in [5.74, 6) is 1.11. The van der Waals surface area contributed by atoms with Crippen molar-refractivity contribution in [1.29, 1.82) is 0 Å². The number of rotatable bonds is 1. The molecule has 0 amide bonds. The molecule has 2 aliphatic rings. The van der Waals surface area contributed by atoms with E-state index in [1.807, 2.05) is 18.2 Å². The average molecular weight is 249 g/mol. The number of hydrogen-bond acceptors (Lipinski definition) is 5. The summed E-state index contributed by atoms with van der Waals surface area (Å²) in [7, 11) is 0. The Morgan fingerprint density at radius 3 is 2.67 bits per heavy atom. The molecule has 2 heterocycles. The highest BCUT2D eigenvalue weighted by molar-refractivity contribution is 5.78. The van der Waals surface area contributed by atoms with E-state index in [9.17, 15) is 4.79 Å². The Bertz CT molecular complexity index is 474. The first kappa shape index (κ1) is 11.3. The van der Waals surface area contributed by atoms with Crippen molar-refractivity contribution in [2.45, 2.75) is 25.0 Å². The van der Waals surface area contributed by atoms with Crippen molar-refractivity contribution in [1.82, 2.24) is 0 Å². The van der Waals surface area contributed by atoms with Gasteiger partial charge in [-0.05, 0) is 17.7 Å². The van der Waals surface area contributed by atoms with Crippen LogP contribution in [0.25, 0.3) is 0 Å². The van der Waals surface area contributed by atoms with Gasteiger partial charge in [-0.1, -0.05) is 6.07 Å². The van der Waals surface area contributed by atoms with Gasteiger partial charge in [0.25, 0.3) is 0 Å². The molecule has 2 aliphatic heterocycles. The van der Waals surface area contributed by atoms with Gasteiger partial charge in [0.1, 0.15) is 12.1 Å². The molecule has 5 heteroatoms. The molecule has 96 valence electrons. The molecule has 1 aromatic rings. The van der Waals surface area contributed by atoms with Gasteiger partial charge in [-0.25, -0.2) is 0 Å². The molecule has 1 fully saturated rings. The van der Waals surface area contributed by atoms with Gasteiger partial charge in [0, 0.05) is 12.8 Å². The highest BCUT2D eigenvalue weighted by atomic mass is 16.6. The third-order valence-corrected chi connectivity index (χ3v) is 3.17. The van der Waals surface area contributed by atoms with Crippen LogP contribution in [0.1, 0.15) is 24.5 Å². The van der Waals surface area contributed by atoms with Gasteiger partial charge in [0.15, 0.2) is 11.5 Å². The molecule has 18 heavy (non-hydrogen) atoms. The van der Waals surface area contributed by atoms with Crippen molar-refractivity contribution in [3.63, 3.8) is 0 Å². The number of cyclic esters (lactones) is 1. The zero-order valence-corrected chi connectivity index (χ0v) is 9.93. The van der Waals surface area contributed by atoms with Crippen molar-refractivity contribution in [2.24, 2.45) is 5.73 Å². The first-order valence-corrected chi connectivity index (χ1v) is 6.09. The molecule has 2 atom stereocenters. The molecular weight excluding hydrogens is 234 g/mol. The lowest BCUT2D eigenvalue weighted by Gasteiger charge is -2.13. The second-order valence-electron chi connectivity index (χ2n) is 4.52. The molecule has 0 saturated carbocycles. The summed E-state index contributed by atoms with van der Waals surface area (Å²) in [6.45, 7) is 1.30. The van der Waals surface area contributed by atoms with Gasteiger partial charge in [0.2, 0.25) is 0 Å². The third kappa shape index (κ3) is 2.01. The van der Waals surface area contributed by atoms with Gasteiger partial charge in [-0.15, -0.1) is 0 Å². The Morgan fingerprint density at radius 1 is 1.17 bits per heavy atom. The molecule has 0 spiro atoms. The van der Waals surface area contributed by atoms with E-state index in [1.165, 1.54) is 0 Å². The first-order valence-electron chi connectivity index (χ1n) is 6.09. The van der Waals surface area contributed by atoms with Gasteiger partial charge >= 0.3 is 5.97 Å². The summed E-state index contributed by atoms with van der Waals surface area (Å²) in [4.78, 5) is 11.3. The highest BCUT2D eigenvalue weighted by Crippen LogP contribution is 2.36. The summed E-state index contributed by atoms with van der Waals surface area (Å²) in [5.41, 5.74) is 6.54. The number of esters is 1. The lowest BCUT2D eigenvalue weighted by Crippen LogP contribution is -2.24. The molecule has 0 aromatic heterocycles. The van der Waals surface area contributed by atoms with E-state index in [-0.39, 0.29) is 12.1 Å². The quantitative estimate of drug-likeness (QED) is 0.756. The number of benzene rings is 1. The van der Waals surface area contributed by atoms with Crippen molar-refractivity contribution in [3.8, 4) is 11.5 Å². The lowest BCUT2D eigenvalue weighted by molar-refractivity contribution is -0.142. The van der Waals surface area contributed by atoms with Crippen LogP contribution in [-0.4, -0.2) is 25.2 Å². The monoisotopic (exact) mass is 249 g/mol. The van der Waals surface area contributed by atoms with Crippen LogP contribution in [0.5, 0.6) is 11.5 Å². The number of carbonyl (C=O) groups is 1.